The van der Waals surface area contributed by atoms with Crippen LogP contribution in [-0.2, 0) is 6.42 Å². The number of likely N-dealkylation sites (N-methyl/N-ethyl adjacent to an activating group) is 1. The highest BCUT2D eigenvalue weighted by Crippen LogP contribution is 2.17. The van der Waals surface area contributed by atoms with E-state index in [9.17, 15) is 0 Å². The summed E-state index contributed by atoms with van der Waals surface area (Å²) in [6.07, 6.45) is 4.59. The SMILES string of the molecule is CNC(Cc1ccc(Br)cc1)c1ncc(C)cn1. The molecule has 0 aliphatic carbocycles. The predicted molar refractivity (Wildman–Crippen MR) is 76.4 cm³/mol. The molecule has 2 aromatic rings. The highest BCUT2D eigenvalue weighted by molar-refractivity contribution is 9.10. The Kier molecular flexibility index (Phi) is 4.44. The lowest BCUT2D eigenvalue weighted by Gasteiger charge is -2.14. The molecule has 0 saturated carbocycles. The van der Waals surface area contributed by atoms with Crippen molar-refractivity contribution in [2.45, 2.75) is 19.4 Å². The molecule has 0 spiro atoms. The van der Waals surface area contributed by atoms with Crippen molar-refractivity contribution >= 4 is 15.9 Å². The molecule has 1 unspecified atom stereocenters. The molecule has 0 saturated heterocycles. The van der Waals surface area contributed by atoms with Crippen LogP contribution in [0.3, 0.4) is 0 Å². The van der Waals surface area contributed by atoms with Crippen molar-refractivity contribution in [2.24, 2.45) is 0 Å². The summed E-state index contributed by atoms with van der Waals surface area (Å²) in [6, 6.07) is 8.48. The summed E-state index contributed by atoms with van der Waals surface area (Å²) in [5, 5.41) is 3.26. The Hall–Kier alpha value is -1.26. The van der Waals surface area contributed by atoms with Gasteiger partial charge in [-0.2, -0.15) is 0 Å². The summed E-state index contributed by atoms with van der Waals surface area (Å²) < 4.78 is 1.10. The van der Waals surface area contributed by atoms with Crippen LogP contribution in [0.1, 0.15) is 23.0 Å². The molecule has 1 heterocycles. The van der Waals surface area contributed by atoms with E-state index in [0.717, 1.165) is 22.3 Å². The summed E-state index contributed by atoms with van der Waals surface area (Å²) in [6.45, 7) is 1.99. The second-order valence-electron chi connectivity index (χ2n) is 4.29. The number of halogens is 1. The number of aryl methyl sites for hydroxylation is 1. The first-order chi connectivity index (χ1) is 8.69. The molecule has 0 fully saturated rings. The van der Waals surface area contributed by atoms with Gasteiger partial charge in [0, 0.05) is 16.9 Å². The van der Waals surface area contributed by atoms with E-state index >= 15 is 0 Å². The van der Waals surface area contributed by atoms with E-state index in [1.165, 1.54) is 5.56 Å². The largest absolute Gasteiger partial charge is 0.310 e. The number of aromatic nitrogens is 2. The third-order valence-corrected chi connectivity index (χ3v) is 3.34. The van der Waals surface area contributed by atoms with Gasteiger partial charge in [-0.1, -0.05) is 28.1 Å². The molecule has 4 heteroatoms. The number of hydrogen-bond acceptors (Lipinski definition) is 3. The van der Waals surface area contributed by atoms with E-state index < -0.39 is 0 Å². The zero-order valence-electron chi connectivity index (χ0n) is 10.5. The molecular weight excluding hydrogens is 290 g/mol. The van der Waals surface area contributed by atoms with Crippen LogP contribution in [0, 0.1) is 6.92 Å². The van der Waals surface area contributed by atoms with Gasteiger partial charge in [0.05, 0.1) is 6.04 Å². The Morgan fingerprint density at radius 3 is 2.33 bits per heavy atom. The molecule has 1 N–H and O–H groups in total. The van der Waals surface area contributed by atoms with Crippen molar-refractivity contribution in [2.75, 3.05) is 7.05 Å². The average molecular weight is 306 g/mol. The number of nitrogens with zero attached hydrogens (tertiary/aromatic N) is 2. The minimum absolute atomic E-state index is 0.145. The minimum atomic E-state index is 0.145. The monoisotopic (exact) mass is 305 g/mol. The Morgan fingerprint density at radius 2 is 1.78 bits per heavy atom. The third-order valence-electron chi connectivity index (χ3n) is 2.81. The fraction of sp³-hybridized carbons (Fsp3) is 0.286. The second kappa shape index (κ2) is 6.07. The minimum Gasteiger partial charge on any atom is -0.310 e. The van der Waals surface area contributed by atoms with Gasteiger partial charge >= 0.3 is 0 Å². The van der Waals surface area contributed by atoms with Crippen LogP contribution in [0.5, 0.6) is 0 Å². The standard InChI is InChI=1S/C14H16BrN3/c1-10-8-17-14(18-9-10)13(16-2)7-11-3-5-12(15)6-4-11/h3-6,8-9,13,16H,7H2,1-2H3. The smallest absolute Gasteiger partial charge is 0.145 e. The predicted octanol–water partition coefficient (Wildman–Crippen LogP) is 3.05. The van der Waals surface area contributed by atoms with E-state index in [4.69, 9.17) is 0 Å². The van der Waals surface area contributed by atoms with Crippen LogP contribution in [-0.4, -0.2) is 17.0 Å². The van der Waals surface area contributed by atoms with Crippen LogP contribution in [0.4, 0.5) is 0 Å². The normalized spacial score (nSPS) is 12.4. The zero-order chi connectivity index (χ0) is 13.0. The maximum Gasteiger partial charge on any atom is 0.145 e. The van der Waals surface area contributed by atoms with E-state index in [1.54, 1.807) is 0 Å². The lowest BCUT2D eigenvalue weighted by atomic mass is 10.1. The van der Waals surface area contributed by atoms with Crippen molar-refractivity contribution < 1.29 is 0 Å². The molecule has 2 rings (SSSR count). The van der Waals surface area contributed by atoms with Gasteiger partial charge in [-0.3, -0.25) is 0 Å². The zero-order valence-corrected chi connectivity index (χ0v) is 12.1. The molecule has 0 amide bonds. The Balaban J connectivity index is 2.14. The van der Waals surface area contributed by atoms with Crippen LogP contribution in [0.25, 0.3) is 0 Å². The molecule has 18 heavy (non-hydrogen) atoms. The van der Waals surface area contributed by atoms with Gasteiger partial charge in [0.1, 0.15) is 5.82 Å². The van der Waals surface area contributed by atoms with Crippen molar-refractivity contribution in [1.82, 2.24) is 15.3 Å². The van der Waals surface area contributed by atoms with Crippen molar-refractivity contribution in [3.63, 3.8) is 0 Å². The van der Waals surface area contributed by atoms with E-state index in [1.807, 2.05) is 26.4 Å². The molecule has 1 atom stereocenters. The van der Waals surface area contributed by atoms with E-state index in [-0.39, 0.29) is 6.04 Å². The van der Waals surface area contributed by atoms with Gasteiger partial charge in [0.2, 0.25) is 0 Å². The topological polar surface area (TPSA) is 37.8 Å². The van der Waals surface area contributed by atoms with Crippen molar-refractivity contribution in [3.05, 3.63) is 58.1 Å². The summed E-state index contributed by atoms with van der Waals surface area (Å²) in [5.74, 6) is 0.839. The molecule has 1 aromatic carbocycles. The van der Waals surface area contributed by atoms with Crippen molar-refractivity contribution in [1.29, 1.82) is 0 Å². The molecule has 0 bridgehead atoms. The Morgan fingerprint density at radius 1 is 1.17 bits per heavy atom. The summed E-state index contributed by atoms with van der Waals surface area (Å²) in [5.41, 5.74) is 2.35. The van der Waals surface area contributed by atoms with E-state index in [0.29, 0.717) is 0 Å². The highest BCUT2D eigenvalue weighted by Gasteiger charge is 2.12. The molecule has 1 aromatic heterocycles. The number of benzene rings is 1. The number of rotatable bonds is 4. The number of hydrogen-bond donors (Lipinski definition) is 1. The summed E-state index contributed by atoms with van der Waals surface area (Å²) >= 11 is 3.44. The van der Waals surface area contributed by atoms with Crippen LogP contribution < -0.4 is 5.32 Å². The maximum absolute atomic E-state index is 4.38. The summed E-state index contributed by atoms with van der Waals surface area (Å²) in [7, 11) is 1.94. The van der Waals surface area contributed by atoms with Crippen LogP contribution in [0.2, 0.25) is 0 Å². The average Bonchev–Trinajstić information content (AvgIpc) is 2.39. The van der Waals surface area contributed by atoms with Crippen LogP contribution in [0.15, 0.2) is 41.1 Å². The first-order valence-electron chi connectivity index (χ1n) is 5.89. The molecule has 94 valence electrons. The Labute approximate surface area is 116 Å². The van der Waals surface area contributed by atoms with Gasteiger partial charge in [0.25, 0.3) is 0 Å². The van der Waals surface area contributed by atoms with Crippen molar-refractivity contribution in [3.8, 4) is 0 Å². The van der Waals surface area contributed by atoms with E-state index in [2.05, 4.69) is 55.5 Å². The summed E-state index contributed by atoms with van der Waals surface area (Å²) in [4.78, 5) is 8.76. The van der Waals surface area contributed by atoms with Gasteiger partial charge in [-0.05, 0) is 43.7 Å². The fourth-order valence-electron chi connectivity index (χ4n) is 1.76. The molecule has 0 aliphatic rings. The Bertz CT molecular complexity index is 493. The van der Waals surface area contributed by atoms with Gasteiger partial charge < -0.3 is 5.32 Å². The fourth-order valence-corrected chi connectivity index (χ4v) is 2.03. The lowest BCUT2D eigenvalue weighted by Crippen LogP contribution is -2.21. The molecular formula is C14H16BrN3. The molecule has 0 aliphatic heterocycles. The number of nitrogens with one attached hydrogen (secondary N) is 1. The first-order valence-corrected chi connectivity index (χ1v) is 6.68. The van der Waals surface area contributed by atoms with Gasteiger partial charge in [-0.15, -0.1) is 0 Å². The first kappa shape index (κ1) is 13.2. The highest BCUT2D eigenvalue weighted by atomic mass is 79.9. The second-order valence-corrected chi connectivity index (χ2v) is 5.21. The maximum atomic E-state index is 4.38. The molecule has 3 nitrogen and oxygen atoms in total. The lowest BCUT2D eigenvalue weighted by molar-refractivity contribution is 0.556. The van der Waals surface area contributed by atoms with Gasteiger partial charge in [-0.25, -0.2) is 9.97 Å². The van der Waals surface area contributed by atoms with Crippen LogP contribution >= 0.6 is 15.9 Å². The van der Waals surface area contributed by atoms with Gasteiger partial charge in [0.15, 0.2) is 0 Å². The quantitative estimate of drug-likeness (QED) is 0.943. The third kappa shape index (κ3) is 3.37. The molecule has 0 radical (unpaired) electrons.